The molecule has 14 heteroatoms. The van der Waals surface area contributed by atoms with Gasteiger partial charge in [-0.1, -0.05) is 60.7 Å². The van der Waals surface area contributed by atoms with Gasteiger partial charge < -0.3 is 29.9 Å². The molecule has 0 atom stereocenters. The molecule has 6 aromatic rings. The van der Waals surface area contributed by atoms with E-state index >= 15 is 0 Å². The van der Waals surface area contributed by atoms with Crippen molar-refractivity contribution in [2.45, 2.75) is 25.7 Å². The zero-order chi connectivity index (χ0) is 41.1. The van der Waals surface area contributed by atoms with E-state index in [1.54, 1.807) is 84.9 Å². The number of rotatable bonds is 10. The van der Waals surface area contributed by atoms with E-state index in [1.807, 2.05) is 0 Å². The van der Waals surface area contributed by atoms with E-state index in [2.05, 4.69) is 0 Å². The molecule has 0 spiro atoms. The standard InChI is InChI=1S/C44H34N2O12/c47-39(48)23-57-43-27-7-1-8-28(43)14-34-18-32(26-6-4-12-38(22-26)46(55)56)20-36(42(34)52)16-30-10-2-9-29(44(30)58-24-40(49)50)15-35-19-31(17-33(13-27)41(35)51)25-5-3-11-37(21-25)45(53)54/h1-12,17-22,51-52H,13-16,23-24H2,(H,47,48)(H,49,50). The number of hydrogen-bond donors (Lipinski definition) is 4. The first-order valence-electron chi connectivity index (χ1n) is 17.9. The minimum Gasteiger partial charge on any atom is -0.507 e. The highest BCUT2D eigenvalue weighted by Crippen LogP contribution is 2.41. The number of carbonyl (C=O) groups is 2. The maximum Gasteiger partial charge on any atom is 0.341 e. The van der Waals surface area contributed by atoms with Gasteiger partial charge in [-0.2, -0.15) is 0 Å². The minimum absolute atomic E-state index is 0.0117. The second kappa shape index (κ2) is 16.2. The summed E-state index contributed by atoms with van der Waals surface area (Å²) in [7, 11) is 0. The van der Waals surface area contributed by atoms with Crippen LogP contribution in [0, 0.1) is 20.2 Å². The molecule has 7 rings (SSSR count). The Morgan fingerprint density at radius 3 is 1.09 bits per heavy atom. The number of para-hydroxylation sites is 2. The summed E-state index contributed by atoms with van der Waals surface area (Å²) in [6.45, 7) is -1.40. The van der Waals surface area contributed by atoms with Crippen molar-refractivity contribution in [2.75, 3.05) is 13.2 Å². The van der Waals surface area contributed by atoms with Crippen LogP contribution < -0.4 is 9.47 Å². The average Bonchev–Trinajstić information content (AvgIpc) is 3.19. The Balaban J connectivity index is 1.49. The predicted octanol–water partition coefficient (Wildman–Crippen LogP) is 7.85. The highest BCUT2D eigenvalue weighted by molar-refractivity contribution is 5.73. The molecule has 0 saturated heterocycles. The van der Waals surface area contributed by atoms with E-state index in [0.29, 0.717) is 66.8 Å². The van der Waals surface area contributed by atoms with Crippen LogP contribution in [-0.4, -0.2) is 55.4 Å². The van der Waals surface area contributed by atoms with Crippen molar-refractivity contribution in [3.05, 3.63) is 174 Å². The van der Waals surface area contributed by atoms with Crippen LogP contribution in [0.5, 0.6) is 23.0 Å². The number of benzene rings is 6. The van der Waals surface area contributed by atoms with Crippen LogP contribution in [0.4, 0.5) is 11.4 Å². The summed E-state index contributed by atoms with van der Waals surface area (Å²) in [6.07, 6.45) is 0.0467. The molecule has 0 unspecified atom stereocenters. The van der Waals surface area contributed by atoms with E-state index in [4.69, 9.17) is 9.47 Å². The first-order valence-corrected chi connectivity index (χ1v) is 17.9. The van der Waals surface area contributed by atoms with Gasteiger partial charge in [0, 0.05) is 49.9 Å². The SMILES string of the molecule is O=C(O)COc1c2cccc1Cc1cc(-c3cccc([N+](=O)[O-])c3)cc(c1O)Cc1cccc(c1OCC(=O)O)Cc1cc(-c3cccc([N+](=O)[O-])c3)cc(c1O)C2. The van der Waals surface area contributed by atoms with Crippen molar-refractivity contribution in [1.29, 1.82) is 0 Å². The number of phenols is 2. The molecule has 0 saturated carbocycles. The Kier molecular flexibility index (Phi) is 10.7. The van der Waals surface area contributed by atoms with Gasteiger partial charge in [0.1, 0.15) is 23.0 Å². The summed E-state index contributed by atoms with van der Waals surface area (Å²) in [4.78, 5) is 46.1. The molecule has 292 valence electrons. The van der Waals surface area contributed by atoms with Crippen molar-refractivity contribution >= 4 is 23.3 Å². The summed E-state index contributed by atoms with van der Waals surface area (Å²) < 4.78 is 11.9. The fraction of sp³-hybridized carbons (Fsp3) is 0.136. The lowest BCUT2D eigenvalue weighted by Crippen LogP contribution is -2.13. The maximum atomic E-state index is 11.9. The van der Waals surface area contributed by atoms with Crippen molar-refractivity contribution in [2.24, 2.45) is 0 Å². The monoisotopic (exact) mass is 782 g/mol. The number of nitrogens with zero attached hydrogens (tertiary/aromatic N) is 2. The number of carboxylic acids is 2. The zero-order valence-corrected chi connectivity index (χ0v) is 30.6. The smallest absolute Gasteiger partial charge is 0.341 e. The van der Waals surface area contributed by atoms with Gasteiger partial charge in [0.15, 0.2) is 13.2 Å². The number of non-ortho nitro benzene ring substituents is 2. The third-order valence-electron chi connectivity index (χ3n) is 9.88. The van der Waals surface area contributed by atoms with Gasteiger partial charge in [-0.25, -0.2) is 9.59 Å². The normalized spacial score (nSPS) is 12.0. The van der Waals surface area contributed by atoms with Gasteiger partial charge in [-0.15, -0.1) is 0 Å². The topological polar surface area (TPSA) is 220 Å². The second-order valence-electron chi connectivity index (χ2n) is 13.8. The minimum atomic E-state index is -1.24. The first-order chi connectivity index (χ1) is 27.8. The molecule has 1 aliphatic carbocycles. The van der Waals surface area contributed by atoms with Crippen LogP contribution in [-0.2, 0) is 35.3 Å². The highest BCUT2D eigenvalue weighted by atomic mass is 16.6. The number of nitro benzene ring substituents is 2. The van der Waals surface area contributed by atoms with Crippen LogP contribution in [0.1, 0.15) is 44.5 Å². The van der Waals surface area contributed by atoms with Gasteiger partial charge in [-0.3, -0.25) is 20.2 Å². The molecule has 0 amide bonds. The third kappa shape index (κ3) is 8.26. The number of carboxylic acid groups (broad SMARTS) is 2. The number of fused-ring (bicyclic) bond motifs is 8. The molecule has 6 aromatic carbocycles. The van der Waals surface area contributed by atoms with Crippen molar-refractivity contribution in [1.82, 2.24) is 0 Å². The molecule has 0 heterocycles. The molecule has 8 bridgehead atoms. The lowest BCUT2D eigenvalue weighted by Gasteiger charge is -2.21. The Hall–Kier alpha value is -7.74. The van der Waals surface area contributed by atoms with E-state index < -0.39 is 35.0 Å². The second-order valence-corrected chi connectivity index (χ2v) is 13.8. The Morgan fingerprint density at radius 1 is 0.483 bits per heavy atom. The van der Waals surface area contributed by atoms with Gasteiger partial charge in [0.05, 0.1) is 9.85 Å². The van der Waals surface area contributed by atoms with Crippen molar-refractivity contribution in [3.8, 4) is 45.3 Å². The van der Waals surface area contributed by atoms with Crippen LogP contribution in [0.3, 0.4) is 0 Å². The van der Waals surface area contributed by atoms with Gasteiger partial charge >= 0.3 is 11.9 Å². The van der Waals surface area contributed by atoms with Crippen LogP contribution in [0.15, 0.2) is 109 Å². The number of ether oxygens (including phenoxy) is 2. The molecule has 0 aliphatic heterocycles. The molecule has 0 aromatic heterocycles. The fourth-order valence-electron chi connectivity index (χ4n) is 7.28. The van der Waals surface area contributed by atoms with Gasteiger partial charge in [0.25, 0.3) is 11.4 Å². The first kappa shape index (κ1) is 38.5. The molecular weight excluding hydrogens is 748 g/mol. The van der Waals surface area contributed by atoms with Crippen molar-refractivity contribution < 1.29 is 49.3 Å². The van der Waals surface area contributed by atoms with Crippen LogP contribution in [0.2, 0.25) is 0 Å². The third-order valence-corrected chi connectivity index (χ3v) is 9.88. The summed E-state index contributed by atoms with van der Waals surface area (Å²) >= 11 is 0. The average molecular weight is 783 g/mol. The molecule has 58 heavy (non-hydrogen) atoms. The quantitative estimate of drug-likeness (QED) is 0.0770. The lowest BCUT2D eigenvalue weighted by molar-refractivity contribution is -0.385. The van der Waals surface area contributed by atoms with Crippen molar-refractivity contribution in [3.63, 3.8) is 0 Å². The molecule has 1 aliphatic rings. The van der Waals surface area contributed by atoms with Gasteiger partial charge in [-0.05, 0) is 91.0 Å². The zero-order valence-electron chi connectivity index (χ0n) is 30.6. The maximum absolute atomic E-state index is 11.9. The Bertz CT molecular complexity index is 2370. The van der Waals surface area contributed by atoms with Crippen LogP contribution in [0.25, 0.3) is 22.3 Å². The summed E-state index contributed by atoms with van der Waals surface area (Å²) in [5.41, 5.74) is 5.26. The highest BCUT2D eigenvalue weighted by Gasteiger charge is 2.23. The number of nitro groups is 2. The number of aliphatic carboxylic acids is 2. The largest absolute Gasteiger partial charge is 0.507 e. The summed E-state index contributed by atoms with van der Waals surface area (Å²) in [6, 6.07) is 29.2. The van der Waals surface area contributed by atoms with Crippen LogP contribution >= 0.6 is 0 Å². The van der Waals surface area contributed by atoms with E-state index in [0.717, 1.165) is 0 Å². The lowest BCUT2D eigenvalue weighted by atomic mass is 9.88. The Labute approximate surface area is 330 Å². The molecule has 0 radical (unpaired) electrons. The van der Waals surface area contributed by atoms with Gasteiger partial charge in [0.2, 0.25) is 0 Å². The number of hydrogen-bond acceptors (Lipinski definition) is 10. The molecule has 0 fully saturated rings. The Morgan fingerprint density at radius 2 is 0.793 bits per heavy atom. The van der Waals surface area contributed by atoms with E-state index in [-0.39, 0.29) is 60.1 Å². The number of aromatic hydroxyl groups is 2. The fourth-order valence-corrected chi connectivity index (χ4v) is 7.28. The van der Waals surface area contributed by atoms with E-state index in [9.17, 15) is 50.2 Å². The molecule has 4 N–H and O–H groups in total. The molecular formula is C44H34N2O12. The summed E-state index contributed by atoms with van der Waals surface area (Å²) in [5, 5.41) is 66.6. The predicted molar refractivity (Wildman–Crippen MR) is 211 cm³/mol. The number of phenolic OH excluding ortho intramolecular Hbond substituents is 2. The summed E-state index contributed by atoms with van der Waals surface area (Å²) in [5.74, 6) is -2.30. The van der Waals surface area contributed by atoms with E-state index in [1.165, 1.54) is 24.3 Å². The molecule has 14 nitrogen and oxygen atoms in total.